The molecule has 0 radical (unpaired) electrons. The van der Waals surface area contributed by atoms with E-state index in [4.69, 9.17) is 10.5 Å². The van der Waals surface area contributed by atoms with E-state index in [9.17, 15) is 8.42 Å². The molecule has 1 aromatic carbocycles. The summed E-state index contributed by atoms with van der Waals surface area (Å²) in [5.74, 6) is 0.702. The van der Waals surface area contributed by atoms with E-state index in [-0.39, 0.29) is 11.0 Å². The molecule has 0 aliphatic carbocycles. The van der Waals surface area contributed by atoms with Gasteiger partial charge in [-0.2, -0.15) is 0 Å². The van der Waals surface area contributed by atoms with Gasteiger partial charge in [-0.05, 0) is 35.9 Å². The normalized spacial score (nSPS) is 17.1. The highest BCUT2D eigenvalue weighted by Crippen LogP contribution is 2.31. The Kier molecular flexibility index (Phi) is 3.52. The first-order valence-corrected chi connectivity index (χ1v) is 7.99. The SMILES string of the molecule is NCC1Cc2cc(S(=O)(=O)Nc3ccncc3)ccc2O1. The van der Waals surface area contributed by atoms with E-state index in [1.165, 1.54) is 18.5 Å². The van der Waals surface area contributed by atoms with Crippen molar-refractivity contribution in [1.29, 1.82) is 0 Å². The van der Waals surface area contributed by atoms with Gasteiger partial charge in [0.1, 0.15) is 11.9 Å². The van der Waals surface area contributed by atoms with Crippen LogP contribution in [-0.4, -0.2) is 26.1 Å². The van der Waals surface area contributed by atoms with Crippen molar-refractivity contribution in [3.63, 3.8) is 0 Å². The van der Waals surface area contributed by atoms with E-state index < -0.39 is 10.0 Å². The number of hydrogen-bond acceptors (Lipinski definition) is 5. The molecule has 0 fully saturated rings. The summed E-state index contributed by atoms with van der Waals surface area (Å²) >= 11 is 0. The molecule has 110 valence electrons. The predicted octanol–water partition coefficient (Wildman–Crippen LogP) is 1.14. The number of nitrogens with one attached hydrogen (secondary N) is 1. The van der Waals surface area contributed by atoms with Gasteiger partial charge in [-0.1, -0.05) is 0 Å². The standard InChI is InChI=1S/C14H15N3O3S/c15-9-12-7-10-8-13(1-2-14(10)20-12)21(18,19)17-11-3-5-16-6-4-11/h1-6,8,12H,7,9,15H2,(H,16,17). The lowest BCUT2D eigenvalue weighted by Crippen LogP contribution is -2.24. The third-order valence-electron chi connectivity index (χ3n) is 3.28. The summed E-state index contributed by atoms with van der Waals surface area (Å²) in [6, 6.07) is 8.03. The fraction of sp³-hybridized carbons (Fsp3) is 0.214. The Labute approximate surface area is 123 Å². The molecule has 1 atom stereocenters. The van der Waals surface area contributed by atoms with Crippen LogP contribution in [-0.2, 0) is 16.4 Å². The zero-order valence-corrected chi connectivity index (χ0v) is 12.0. The number of rotatable bonds is 4. The fourth-order valence-electron chi connectivity index (χ4n) is 2.23. The van der Waals surface area contributed by atoms with Gasteiger partial charge in [0.15, 0.2) is 0 Å². The Morgan fingerprint density at radius 1 is 1.29 bits per heavy atom. The molecular formula is C14H15N3O3S. The summed E-state index contributed by atoms with van der Waals surface area (Å²) in [5, 5.41) is 0. The first kappa shape index (κ1) is 13.8. The van der Waals surface area contributed by atoms with Gasteiger partial charge in [-0.15, -0.1) is 0 Å². The lowest BCUT2D eigenvalue weighted by Gasteiger charge is -2.09. The molecule has 3 N–H and O–H groups in total. The van der Waals surface area contributed by atoms with Crippen molar-refractivity contribution in [3.05, 3.63) is 48.3 Å². The maximum Gasteiger partial charge on any atom is 0.261 e. The molecule has 6 nitrogen and oxygen atoms in total. The molecule has 2 heterocycles. The van der Waals surface area contributed by atoms with Crippen molar-refractivity contribution in [3.8, 4) is 5.75 Å². The van der Waals surface area contributed by atoms with Gasteiger partial charge >= 0.3 is 0 Å². The topological polar surface area (TPSA) is 94.3 Å². The number of nitrogens with zero attached hydrogens (tertiary/aromatic N) is 1. The third kappa shape index (κ3) is 2.84. The molecule has 1 aliphatic heterocycles. The Morgan fingerprint density at radius 2 is 2.05 bits per heavy atom. The van der Waals surface area contributed by atoms with Crippen LogP contribution in [0.15, 0.2) is 47.6 Å². The van der Waals surface area contributed by atoms with Crippen molar-refractivity contribution in [2.24, 2.45) is 5.73 Å². The molecule has 3 rings (SSSR count). The Morgan fingerprint density at radius 3 is 2.76 bits per heavy atom. The monoisotopic (exact) mass is 305 g/mol. The molecule has 0 spiro atoms. The Balaban J connectivity index is 1.87. The summed E-state index contributed by atoms with van der Waals surface area (Å²) in [7, 11) is -3.62. The van der Waals surface area contributed by atoms with Gasteiger partial charge in [0.2, 0.25) is 0 Å². The highest BCUT2D eigenvalue weighted by Gasteiger charge is 2.24. The van der Waals surface area contributed by atoms with E-state index in [0.29, 0.717) is 24.4 Å². The van der Waals surface area contributed by atoms with Crippen LogP contribution in [0.3, 0.4) is 0 Å². The van der Waals surface area contributed by atoms with Crippen molar-refractivity contribution < 1.29 is 13.2 Å². The summed E-state index contributed by atoms with van der Waals surface area (Å²) in [4.78, 5) is 4.06. The fourth-order valence-corrected chi connectivity index (χ4v) is 3.34. The van der Waals surface area contributed by atoms with Crippen molar-refractivity contribution in [2.75, 3.05) is 11.3 Å². The molecular weight excluding hydrogens is 290 g/mol. The number of hydrogen-bond donors (Lipinski definition) is 2. The second kappa shape index (κ2) is 5.34. The molecule has 21 heavy (non-hydrogen) atoms. The number of pyridine rings is 1. The summed E-state index contributed by atoms with van der Waals surface area (Å²) in [6.07, 6.45) is 3.61. The van der Waals surface area contributed by atoms with Crippen molar-refractivity contribution in [1.82, 2.24) is 4.98 Å². The van der Waals surface area contributed by atoms with Gasteiger partial charge in [0, 0.05) is 25.4 Å². The second-order valence-electron chi connectivity index (χ2n) is 4.79. The maximum absolute atomic E-state index is 12.4. The van der Waals surface area contributed by atoms with Crippen molar-refractivity contribution in [2.45, 2.75) is 17.4 Å². The quantitative estimate of drug-likeness (QED) is 0.883. The minimum atomic E-state index is -3.62. The molecule has 0 bridgehead atoms. The van der Waals surface area contributed by atoms with E-state index in [0.717, 1.165) is 5.56 Å². The van der Waals surface area contributed by atoms with Crippen LogP contribution < -0.4 is 15.2 Å². The van der Waals surface area contributed by atoms with E-state index in [1.807, 2.05) is 0 Å². The number of ether oxygens (including phenoxy) is 1. The lowest BCUT2D eigenvalue weighted by molar-refractivity contribution is 0.241. The van der Waals surface area contributed by atoms with Crippen molar-refractivity contribution >= 4 is 15.7 Å². The van der Waals surface area contributed by atoms with Gasteiger partial charge in [0.25, 0.3) is 10.0 Å². The number of nitrogens with two attached hydrogens (primary N) is 1. The van der Waals surface area contributed by atoms with Crippen LogP contribution in [0.4, 0.5) is 5.69 Å². The molecule has 7 heteroatoms. The number of benzene rings is 1. The number of anilines is 1. The highest BCUT2D eigenvalue weighted by molar-refractivity contribution is 7.92. The molecule has 0 amide bonds. The molecule has 1 aliphatic rings. The van der Waals surface area contributed by atoms with Crippen LogP contribution in [0, 0.1) is 0 Å². The zero-order chi connectivity index (χ0) is 14.9. The lowest BCUT2D eigenvalue weighted by atomic mass is 10.1. The Hall–Kier alpha value is -2.12. The van der Waals surface area contributed by atoms with E-state index in [1.54, 1.807) is 24.3 Å². The van der Waals surface area contributed by atoms with Crippen LogP contribution in [0.5, 0.6) is 5.75 Å². The summed E-state index contributed by atoms with van der Waals surface area (Å²) < 4.78 is 32.8. The average molecular weight is 305 g/mol. The first-order valence-electron chi connectivity index (χ1n) is 6.51. The smallest absolute Gasteiger partial charge is 0.261 e. The van der Waals surface area contributed by atoms with Gasteiger partial charge < -0.3 is 10.5 Å². The minimum absolute atomic E-state index is 0.0777. The number of fused-ring (bicyclic) bond motifs is 1. The van der Waals surface area contributed by atoms with Crippen LogP contribution in [0.2, 0.25) is 0 Å². The van der Waals surface area contributed by atoms with Crippen LogP contribution in [0.1, 0.15) is 5.56 Å². The van der Waals surface area contributed by atoms with E-state index in [2.05, 4.69) is 9.71 Å². The van der Waals surface area contributed by atoms with Crippen LogP contribution >= 0.6 is 0 Å². The van der Waals surface area contributed by atoms with E-state index >= 15 is 0 Å². The molecule has 1 unspecified atom stereocenters. The molecule has 0 saturated heterocycles. The van der Waals surface area contributed by atoms with Gasteiger partial charge in [-0.3, -0.25) is 9.71 Å². The summed E-state index contributed by atoms with van der Waals surface area (Å²) in [6.45, 7) is 0.409. The second-order valence-corrected chi connectivity index (χ2v) is 6.47. The minimum Gasteiger partial charge on any atom is -0.488 e. The average Bonchev–Trinajstić information content (AvgIpc) is 2.90. The third-order valence-corrected chi connectivity index (χ3v) is 4.66. The number of sulfonamides is 1. The molecule has 2 aromatic rings. The predicted molar refractivity (Wildman–Crippen MR) is 78.7 cm³/mol. The van der Waals surface area contributed by atoms with Gasteiger partial charge in [-0.25, -0.2) is 8.42 Å². The highest BCUT2D eigenvalue weighted by atomic mass is 32.2. The maximum atomic E-state index is 12.4. The first-order chi connectivity index (χ1) is 10.1. The molecule has 0 saturated carbocycles. The largest absolute Gasteiger partial charge is 0.488 e. The van der Waals surface area contributed by atoms with Crippen LogP contribution in [0.25, 0.3) is 0 Å². The van der Waals surface area contributed by atoms with Gasteiger partial charge in [0.05, 0.1) is 10.6 Å². The summed E-state index contributed by atoms with van der Waals surface area (Å²) in [5.41, 5.74) is 6.92. The molecule has 1 aromatic heterocycles. The Bertz CT molecular complexity index is 747. The zero-order valence-electron chi connectivity index (χ0n) is 11.2. The number of aromatic nitrogens is 1.